The molecule has 0 aliphatic carbocycles. The number of oxime groups is 1. The molecule has 3 aromatic heterocycles. The molecule has 1 fully saturated rings. The minimum Gasteiger partial charge on any atom is -0.472 e. The molecule has 2 aliphatic rings. The molecule has 2 aliphatic heterocycles. The number of rotatable bonds is 8. The Morgan fingerprint density at radius 3 is 2.74 bits per heavy atom. The van der Waals surface area contributed by atoms with Crippen molar-refractivity contribution in [2.45, 2.75) is 51.4 Å². The maximum Gasteiger partial charge on any atom is 0.421 e. The highest BCUT2D eigenvalue weighted by molar-refractivity contribution is 6.30. The van der Waals surface area contributed by atoms with Gasteiger partial charge < -0.3 is 25.0 Å². The van der Waals surface area contributed by atoms with Crippen LogP contribution in [0.2, 0.25) is 5.02 Å². The van der Waals surface area contributed by atoms with E-state index in [0.29, 0.717) is 55.3 Å². The van der Waals surface area contributed by atoms with Crippen LogP contribution in [0.15, 0.2) is 41.7 Å². The third-order valence-electron chi connectivity index (χ3n) is 7.54. The number of benzene rings is 1. The molecule has 15 heteroatoms. The van der Waals surface area contributed by atoms with Crippen molar-refractivity contribution in [3.8, 4) is 5.88 Å². The molecule has 5 heterocycles. The highest BCUT2D eigenvalue weighted by atomic mass is 35.5. The van der Waals surface area contributed by atoms with E-state index in [1.165, 1.54) is 12.1 Å². The smallest absolute Gasteiger partial charge is 0.421 e. The second kappa shape index (κ2) is 11.6. The summed E-state index contributed by atoms with van der Waals surface area (Å²) in [5.74, 6) is -0.740. The van der Waals surface area contributed by atoms with Gasteiger partial charge in [0.1, 0.15) is 29.5 Å². The SMILES string of the molecule is NC(=NO)c1cc2nc(CN3CCc4cc(C(F)(F)F)c(OCc5ccc(Cl)cc5F)nc4C3)n(CC3CCO3)c2cn1. The summed E-state index contributed by atoms with van der Waals surface area (Å²) in [6, 6.07) is 6.55. The third kappa shape index (κ3) is 6.08. The normalized spacial score (nSPS) is 17.6. The monoisotopic (exact) mass is 619 g/mol. The third-order valence-corrected chi connectivity index (χ3v) is 7.78. The topological polar surface area (TPSA) is 124 Å². The summed E-state index contributed by atoms with van der Waals surface area (Å²) in [6.45, 7) is 1.87. The standard InChI is InChI=1S/C28H26ClF4N7O3/c29-17-2-1-16(20(30)8-17)14-43-27-19(28(31,32)33)7-15-3-5-39(12-23(15)37-27)13-25-36-21-9-22(26(34)38-41)35-10-24(21)40(25)11-18-4-6-42-18/h1-2,7-10,18,41H,3-6,11-14H2,(H2,34,38). The fourth-order valence-electron chi connectivity index (χ4n) is 5.15. The lowest BCUT2D eigenvalue weighted by Crippen LogP contribution is -2.34. The summed E-state index contributed by atoms with van der Waals surface area (Å²) in [7, 11) is 0. The van der Waals surface area contributed by atoms with Crippen molar-refractivity contribution in [3.63, 3.8) is 0 Å². The molecule has 0 amide bonds. The van der Waals surface area contributed by atoms with Crippen LogP contribution in [-0.4, -0.2) is 54.7 Å². The Morgan fingerprint density at radius 1 is 1.23 bits per heavy atom. The van der Waals surface area contributed by atoms with Crippen LogP contribution >= 0.6 is 11.6 Å². The molecule has 10 nitrogen and oxygen atoms in total. The van der Waals surface area contributed by atoms with Crippen molar-refractivity contribution in [3.05, 3.63) is 81.3 Å². The van der Waals surface area contributed by atoms with Crippen LogP contribution in [0, 0.1) is 5.82 Å². The zero-order valence-corrected chi connectivity index (χ0v) is 23.4. The lowest BCUT2D eigenvalue weighted by molar-refractivity contribution is -0.139. The molecule has 0 spiro atoms. The second-order valence-electron chi connectivity index (χ2n) is 10.4. The Labute approximate surface area is 247 Å². The van der Waals surface area contributed by atoms with Crippen molar-refractivity contribution in [1.82, 2.24) is 24.4 Å². The van der Waals surface area contributed by atoms with Crippen LogP contribution in [0.1, 0.15) is 40.3 Å². The molecule has 1 unspecified atom stereocenters. The van der Waals surface area contributed by atoms with E-state index >= 15 is 0 Å². The number of ether oxygens (including phenoxy) is 2. The molecule has 0 radical (unpaired) electrons. The summed E-state index contributed by atoms with van der Waals surface area (Å²) < 4.78 is 69.2. The molecule has 1 saturated heterocycles. The van der Waals surface area contributed by atoms with Crippen molar-refractivity contribution in [2.75, 3.05) is 13.2 Å². The van der Waals surface area contributed by atoms with Gasteiger partial charge in [0.2, 0.25) is 5.88 Å². The average molecular weight is 620 g/mol. The highest BCUT2D eigenvalue weighted by Gasteiger charge is 2.37. The largest absolute Gasteiger partial charge is 0.472 e. The van der Waals surface area contributed by atoms with E-state index in [1.807, 2.05) is 9.47 Å². The summed E-state index contributed by atoms with van der Waals surface area (Å²) >= 11 is 5.78. The second-order valence-corrected chi connectivity index (χ2v) is 10.8. The first kappa shape index (κ1) is 29.1. The lowest BCUT2D eigenvalue weighted by atomic mass is 10.0. The van der Waals surface area contributed by atoms with E-state index < -0.39 is 30.0 Å². The number of imidazole rings is 1. The summed E-state index contributed by atoms with van der Waals surface area (Å²) in [6.07, 6.45) is -1.84. The molecule has 1 aromatic carbocycles. The fraction of sp³-hybridized carbons (Fsp3) is 0.357. The van der Waals surface area contributed by atoms with E-state index in [9.17, 15) is 17.6 Å². The summed E-state index contributed by atoms with van der Waals surface area (Å²) in [4.78, 5) is 15.4. The first-order valence-electron chi connectivity index (χ1n) is 13.4. The number of hydrogen-bond acceptors (Lipinski definition) is 8. The van der Waals surface area contributed by atoms with Gasteiger partial charge in [0.15, 0.2) is 5.84 Å². The van der Waals surface area contributed by atoms with E-state index in [1.54, 1.807) is 12.3 Å². The van der Waals surface area contributed by atoms with Gasteiger partial charge in [-0.05, 0) is 42.7 Å². The van der Waals surface area contributed by atoms with Crippen LogP contribution in [0.25, 0.3) is 11.0 Å². The Bertz CT molecular complexity index is 1710. The van der Waals surface area contributed by atoms with Crippen molar-refractivity contribution in [1.29, 1.82) is 0 Å². The van der Waals surface area contributed by atoms with Crippen molar-refractivity contribution in [2.24, 2.45) is 10.9 Å². The highest BCUT2D eigenvalue weighted by Crippen LogP contribution is 2.38. The average Bonchev–Trinajstić information content (AvgIpc) is 3.28. The Hall–Kier alpha value is -4.01. The van der Waals surface area contributed by atoms with Gasteiger partial charge in [0.25, 0.3) is 0 Å². The number of amidine groups is 1. The van der Waals surface area contributed by atoms with Crippen LogP contribution in [-0.2, 0) is 43.6 Å². The summed E-state index contributed by atoms with van der Waals surface area (Å²) in [5, 5.41) is 12.2. The number of pyridine rings is 2. The van der Waals surface area contributed by atoms with Crippen LogP contribution in [0.3, 0.4) is 0 Å². The van der Waals surface area contributed by atoms with Gasteiger partial charge in [-0.2, -0.15) is 13.2 Å². The zero-order valence-electron chi connectivity index (χ0n) is 22.6. The Kier molecular flexibility index (Phi) is 7.83. The number of alkyl halides is 3. The van der Waals surface area contributed by atoms with Gasteiger partial charge in [0.05, 0.1) is 42.1 Å². The molecule has 226 valence electrons. The molecular formula is C28H26ClF4N7O3. The number of hydrogen-bond donors (Lipinski definition) is 2. The lowest BCUT2D eigenvalue weighted by Gasteiger charge is -2.30. The Morgan fingerprint density at radius 2 is 2.05 bits per heavy atom. The molecule has 6 rings (SSSR count). The molecule has 0 saturated carbocycles. The molecule has 1 atom stereocenters. The Balaban J connectivity index is 1.27. The van der Waals surface area contributed by atoms with E-state index in [2.05, 4.69) is 15.1 Å². The van der Waals surface area contributed by atoms with E-state index in [4.69, 9.17) is 37.0 Å². The summed E-state index contributed by atoms with van der Waals surface area (Å²) in [5.41, 5.74) is 7.28. The van der Waals surface area contributed by atoms with Gasteiger partial charge in [-0.25, -0.2) is 14.4 Å². The van der Waals surface area contributed by atoms with Crippen LogP contribution in [0.4, 0.5) is 17.6 Å². The quantitative estimate of drug-likeness (QED) is 0.0960. The molecule has 4 aromatic rings. The molecular weight excluding hydrogens is 594 g/mol. The van der Waals surface area contributed by atoms with Gasteiger partial charge in [-0.15, -0.1) is 0 Å². The van der Waals surface area contributed by atoms with Crippen molar-refractivity contribution < 1.29 is 32.2 Å². The number of fused-ring (bicyclic) bond motifs is 2. The zero-order chi connectivity index (χ0) is 30.3. The van der Waals surface area contributed by atoms with E-state index in [-0.39, 0.29) is 34.8 Å². The molecule has 43 heavy (non-hydrogen) atoms. The van der Waals surface area contributed by atoms with Crippen LogP contribution < -0.4 is 10.5 Å². The van der Waals surface area contributed by atoms with E-state index in [0.717, 1.165) is 24.1 Å². The van der Waals surface area contributed by atoms with Gasteiger partial charge in [0, 0.05) is 30.3 Å². The minimum absolute atomic E-state index is 0.0228. The number of nitrogens with zero attached hydrogens (tertiary/aromatic N) is 6. The number of halogens is 5. The van der Waals surface area contributed by atoms with Gasteiger partial charge >= 0.3 is 6.18 Å². The number of aromatic nitrogens is 4. The maximum absolute atomic E-state index is 14.3. The first-order valence-corrected chi connectivity index (χ1v) is 13.8. The van der Waals surface area contributed by atoms with Crippen LogP contribution in [0.5, 0.6) is 5.88 Å². The first-order chi connectivity index (χ1) is 20.6. The van der Waals surface area contributed by atoms with Gasteiger partial charge in [-0.1, -0.05) is 22.8 Å². The van der Waals surface area contributed by atoms with Crippen molar-refractivity contribution >= 4 is 28.5 Å². The maximum atomic E-state index is 14.3. The fourth-order valence-corrected chi connectivity index (χ4v) is 5.31. The predicted molar refractivity (Wildman–Crippen MR) is 147 cm³/mol. The van der Waals surface area contributed by atoms with Gasteiger partial charge in [-0.3, -0.25) is 9.88 Å². The molecule has 0 bridgehead atoms. The predicted octanol–water partition coefficient (Wildman–Crippen LogP) is 4.66. The number of nitrogens with two attached hydrogens (primary N) is 1. The molecule has 3 N–H and O–H groups in total. The minimum atomic E-state index is -4.71.